The van der Waals surface area contributed by atoms with E-state index in [-0.39, 0.29) is 17.9 Å². The van der Waals surface area contributed by atoms with Crippen LogP contribution in [0.25, 0.3) is 0 Å². The highest BCUT2D eigenvalue weighted by molar-refractivity contribution is 6.30. The highest BCUT2D eigenvalue weighted by atomic mass is 35.5. The molecule has 7 heteroatoms. The van der Waals surface area contributed by atoms with Gasteiger partial charge in [-0.15, -0.1) is 0 Å². The Hall–Kier alpha value is -3.51. The highest BCUT2D eigenvalue weighted by Crippen LogP contribution is 2.29. The molecule has 0 atom stereocenters. The van der Waals surface area contributed by atoms with Crippen molar-refractivity contribution in [3.63, 3.8) is 0 Å². The van der Waals surface area contributed by atoms with E-state index in [1.165, 1.54) is 0 Å². The van der Waals surface area contributed by atoms with Crippen LogP contribution in [0.4, 0.5) is 16.2 Å². The Kier molecular flexibility index (Phi) is 6.92. The molecule has 0 heterocycles. The lowest BCUT2D eigenvalue weighted by atomic mass is 10.2. The number of halogens is 1. The second kappa shape index (κ2) is 10.2. The van der Waals surface area contributed by atoms with Gasteiger partial charge in [0.05, 0.1) is 0 Å². The van der Waals surface area contributed by atoms with Crippen molar-refractivity contribution < 1.29 is 14.3 Å². The van der Waals surface area contributed by atoms with E-state index in [4.69, 9.17) is 16.3 Å². The van der Waals surface area contributed by atoms with Crippen LogP contribution in [-0.2, 0) is 4.79 Å². The van der Waals surface area contributed by atoms with Crippen LogP contribution in [0.15, 0.2) is 78.9 Å². The van der Waals surface area contributed by atoms with Crippen LogP contribution in [0.1, 0.15) is 12.8 Å². The molecule has 1 fully saturated rings. The summed E-state index contributed by atoms with van der Waals surface area (Å²) in [7, 11) is 0. The summed E-state index contributed by atoms with van der Waals surface area (Å²) in [6.45, 7) is 0.697. The van der Waals surface area contributed by atoms with Crippen LogP contribution in [0.3, 0.4) is 0 Å². The number of hydrogen-bond donors (Lipinski definition) is 2. The Labute approximate surface area is 192 Å². The maximum atomic E-state index is 13.0. The molecule has 1 aliphatic carbocycles. The fourth-order valence-electron chi connectivity index (χ4n) is 3.17. The average molecular weight is 450 g/mol. The third-order valence-corrected chi connectivity index (χ3v) is 5.30. The standard InChI is InChI=1S/C25H24ClN3O3/c26-19-8-10-20(11-9-19)28-25(31)29(17-16-27-24(30)18-6-7-18)21-12-14-23(15-13-21)32-22-4-2-1-3-5-22/h1-5,8-15,18H,6-7,16-17H2,(H,27,30)(H,28,31). The maximum absolute atomic E-state index is 13.0. The van der Waals surface area contributed by atoms with E-state index in [0.717, 1.165) is 18.6 Å². The van der Waals surface area contributed by atoms with Gasteiger partial charge in [0.25, 0.3) is 0 Å². The van der Waals surface area contributed by atoms with E-state index < -0.39 is 0 Å². The summed E-state index contributed by atoms with van der Waals surface area (Å²) in [6.07, 6.45) is 1.88. The molecule has 1 aliphatic rings. The van der Waals surface area contributed by atoms with E-state index in [0.29, 0.717) is 35.2 Å². The van der Waals surface area contributed by atoms with E-state index in [1.54, 1.807) is 29.2 Å². The number of carbonyl (C=O) groups excluding carboxylic acids is 2. The summed E-state index contributed by atoms with van der Waals surface area (Å²) in [5, 5.41) is 6.39. The minimum Gasteiger partial charge on any atom is -0.457 e. The smallest absolute Gasteiger partial charge is 0.326 e. The zero-order chi connectivity index (χ0) is 22.3. The second-order valence-electron chi connectivity index (χ2n) is 7.56. The van der Waals surface area contributed by atoms with Crippen LogP contribution < -0.4 is 20.3 Å². The van der Waals surface area contributed by atoms with Crippen LogP contribution >= 0.6 is 11.6 Å². The van der Waals surface area contributed by atoms with Gasteiger partial charge in [-0.05, 0) is 73.5 Å². The third kappa shape index (κ3) is 6.02. The molecule has 32 heavy (non-hydrogen) atoms. The van der Waals surface area contributed by atoms with Gasteiger partial charge in [0, 0.05) is 35.4 Å². The van der Waals surface area contributed by atoms with Crippen LogP contribution in [-0.4, -0.2) is 25.0 Å². The Morgan fingerprint density at radius 1 is 0.906 bits per heavy atom. The van der Waals surface area contributed by atoms with Crippen molar-refractivity contribution in [2.24, 2.45) is 5.92 Å². The first-order valence-corrected chi connectivity index (χ1v) is 10.9. The van der Waals surface area contributed by atoms with E-state index >= 15 is 0 Å². The van der Waals surface area contributed by atoms with Gasteiger partial charge in [-0.2, -0.15) is 0 Å². The van der Waals surface area contributed by atoms with Gasteiger partial charge in [0.1, 0.15) is 11.5 Å². The minimum absolute atomic E-state index is 0.0506. The summed E-state index contributed by atoms with van der Waals surface area (Å²) in [4.78, 5) is 26.6. The number of nitrogens with one attached hydrogen (secondary N) is 2. The van der Waals surface area contributed by atoms with Crippen molar-refractivity contribution in [3.8, 4) is 11.5 Å². The van der Waals surface area contributed by atoms with E-state index in [2.05, 4.69) is 10.6 Å². The lowest BCUT2D eigenvalue weighted by molar-refractivity contribution is -0.122. The number of urea groups is 1. The predicted octanol–water partition coefficient (Wildman–Crippen LogP) is 5.70. The molecule has 3 aromatic rings. The Bertz CT molecular complexity index is 1050. The quantitative estimate of drug-likeness (QED) is 0.463. The maximum Gasteiger partial charge on any atom is 0.326 e. The van der Waals surface area contributed by atoms with E-state index in [1.807, 2.05) is 54.6 Å². The summed E-state index contributed by atoms with van der Waals surface area (Å²) in [6, 6.07) is 23.4. The number of anilines is 2. The normalized spacial score (nSPS) is 12.7. The van der Waals surface area contributed by atoms with Crippen molar-refractivity contribution in [1.29, 1.82) is 0 Å². The first-order chi connectivity index (χ1) is 15.6. The summed E-state index contributed by atoms with van der Waals surface area (Å²) in [5.41, 5.74) is 1.33. The molecule has 1 saturated carbocycles. The third-order valence-electron chi connectivity index (χ3n) is 5.05. The van der Waals surface area contributed by atoms with Crippen LogP contribution in [0.5, 0.6) is 11.5 Å². The van der Waals surface area contributed by atoms with Gasteiger partial charge in [-0.3, -0.25) is 9.69 Å². The number of nitrogens with zero attached hydrogens (tertiary/aromatic N) is 1. The second-order valence-corrected chi connectivity index (χ2v) is 8.00. The number of amides is 3. The number of hydrogen-bond acceptors (Lipinski definition) is 3. The first-order valence-electron chi connectivity index (χ1n) is 10.5. The summed E-state index contributed by atoms with van der Waals surface area (Å²) >= 11 is 5.93. The van der Waals surface area contributed by atoms with Crippen molar-refractivity contribution in [2.45, 2.75) is 12.8 Å². The number of benzene rings is 3. The Balaban J connectivity index is 1.45. The molecule has 0 spiro atoms. The average Bonchev–Trinajstić information content (AvgIpc) is 3.65. The highest BCUT2D eigenvalue weighted by Gasteiger charge is 2.29. The largest absolute Gasteiger partial charge is 0.457 e. The monoisotopic (exact) mass is 449 g/mol. The molecular formula is C25H24ClN3O3. The van der Waals surface area contributed by atoms with Gasteiger partial charge < -0.3 is 15.4 Å². The molecule has 0 unspecified atom stereocenters. The molecular weight excluding hydrogens is 426 g/mol. The van der Waals surface area contributed by atoms with Crippen molar-refractivity contribution in [1.82, 2.24) is 5.32 Å². The fraction of sp³-hybridized carbons (Fsp3) is 0.200. The van der Waals surface area contributed by atoms with Gasteiger partial charge >= 0.3 is 6.03 Å². The number of para-hydroxylation sites is 1. The summed E-state index contributed by atoms with van der Waals surface area (Å²) < 4.78 is 5.84. The Morgan fingerprint density at radius 3 is 2.22 bits per heavy atom. The van der Waals surface area contributed by atoms with Gasteiger partial charge in [0.15, 0.2) is 0 Å². The lowest BCUT2D eigenvalue weighted by Crippen LogP contribution is -2.41. The predicted molar refractivity (Wildman–Crippen MR) is 127 cm³/mol. The molecule has 0 aromatic heterocycles. The molecule has 3 aromatic carbocycles. The van der Waals surface area contributed by atoms with Gasteiger partial charge in [-0.1, -0.05) is 29.8 Å². The SMILES string of the molecule is O=C(NCCN(C(=O)Nc1ccc(Cl)cc1)c1ccc(Oc2ccccc2)cc1)C1CC1. The number of rotatable bonds is 8. The molecule has 2 N–H and O–H groups in total. The molecule has 4 rings (SSSR count). The first kappa shape index (κ1) is 21.7. The lowest BCUT2D eigenvalue weighted by Gasteiger charge is -2.24. The zero-order valence-electron chi connectivity index (χ0n) is 17.5. The van der Waals surface area contributed by atoms with Crippen LogP contribution in [0.2, 0.25) is 5.02 Å². The zero-order valence-corrected chi connectivity index (χ0v) is 18.2. The Morgan fingerprint density at radius 2 is 1.56 bits per heavy atom. The molecule has 6 nitrogen and oxygen atoms in total. The molecule has 0 saturated heterocycles. The minimum atomic E-state index is -0.301. The topological polar surface area (TPSA) is 70.7 Å². The number of ether oxygens (including phenoxy) is 1. The van der Waals surface area contributed by atoms with Gasteiger partial charge in [-0.25, -0.2) is 4.79 Å². The molecule has 0 bridgehead atoms. The van der Waals surface area contributed by atoms with Gasteiger partial charge in [0.2, 0.25) is 5.91 Å². The van der Waals surface area contributed by atoms with Crippen molar-refractivity contribution >= 4 is 34.9 Å². The number of carbonyl (C=O) groups is 2. The molecule has 164 valence electrons. The molecule has 0 radical (unpaired) electrons. The molecule has 0 aliphatic heterocycles. The van der Waals surface area contributed by atoms with Crippen molar-refractivity contribution in [3.05, 3.63) is 83.9 Å². The van der Waals surface area contributed by atoms with Crippen LogP contribution in [0, 0.1) is 5.92 Å². The fourth-order valence-corrected chi connectivity index (χ4v) is 3.30. The molecule has 3 amide bonds. The van der Waals surface area contributed by atoms with Crippen molar-refractivity contribution in [2.75, 3.05) is 23.3 Å². The van der Waals surface area contributed by atoms with E-state index in [9.17, 15) is 9.59 Å². The summed E-state index contributed by atoms with van der Waals surface area (Å²) in [5.74, 6) is 1.58.